The zero-order valence-electron chi connectivity index (χ0n) is 39.5. The molecule has 0 spiro atoms. The standard InChI is InChI=1S/C53H98O6/c1-4-7-10-13-16-19-22-25-28-31-34-37-40-43-46-52(55)58-49-50(48-57-51(54)45-42-39-36-33-30-27-24-21-18-15-12-9-6-3)59-53(56)47-44-41-38-35-32-29-26-23-20-17-14-11-8-5-2/h22-23,25-26,50H,4-21,24,27-49H2,1-3H3/b25-22-,26-23-. The third-order valence-electron chi connectivity index (χ3n) is 11.4. The molecular formula is C53H98O6. The molecule has 1 atom stereocenters. The molecule has 0 fully saturated rings. The molecule has 59 heavy (non-hydrogen) atoms. The molecule has 6 heteroatoms. The van der Waals surface area contributed by atoms with Gasteiger partial charge in [0.1, 0.15) is 13.2 Å². The Kier molecular flexibility index (Phi) is 46.8. The van der Waals surface area contributed by atoms with Gasteiger partial charge in [0.05, 0.1) is 0 Å². The second kappa shape index (κ2) is 48.6. The van der Waals surface area contributed by atoms with Crippen molar-refractivity contribution in [1.29, 1.82) is 0 Å². The summed E-state index contributed by atoms with van der Waals surface area (Å²) in [5.41, 5.74) is 0. The first-order valence-corrected chi connectivity index (χ1v) is 25.8. The van der Waals surface area contributed by atoms with E-state index in [1.54, 1.807) is 0 Å². The zero-order chi connectivity index (χ0) is 43.0. The third kappa shape index (κ3) is 46.8. The largest absolute Gasteiger partial charge is 0.462 e. The maximum Gasteiger partial charge on any atom is 0.306 e. The lowest BCUT2D eigenvalue weighted by Crippen LogP contribution is -2.30. The highest BCUT2D eigenvalue weighted by Crippen LogP contribution is 2.15. The van der Waals surface area contributed by atoms with Gasteiger partial charge in [-0.3, -0.25) is 14.4 Å². The van der Waals surface area contributed by atoms with Crippen LogP contribution in [0.2, 0.25) is 0 Å². The number of carbonyl (C=O) groups excluding carboxylic acids is 3. The van der Waals surface area contributed by atoms with Crippen LogP contribution in [0.5, 0.6) is 0 Å². The summed E-state index contributed by atoms with van der Waals surface area (Å²) in [5.74, 6) is -0.879. The lowest BCUT2D eigenvalue weighted by Gasteiger charge is -2.18. The first-order valence-electron chi connectivity index (χ1n) is 25.8. The fraction of sp³-hybridized carbons (Fsp3) is 0.868. The fourth-order valence-electron chi connectivity index (χ4n) is 7.49. The number of unbranched alkanes of at least 4 members (excludes halogenated alkanes) is 32. The summed E-state index contributed by atoms with van der Waals surface area (Å²) in [7, 11) is 0. The van der Waals surface area contributed by atoms with Gasteiger partial charge in [-0.05, 0) is 70.6 Å². The first kappa shape index (κ1) is 56.9. The van der Waals surface area contributed by atoms with Crippen LogP contribution in [-0.4, -0.2) is 37.2 Å². The molecule has 0 aromatic carbocycles. The van der Waals surface area contributed by atoms with E-state index in [2.05, 4.69) is 45.1 Å². The Hall–Kier alpha value is -2.11. The van der Waals surface area contributed by atoms with Crippen molar-refractivity contribution < 1.29 is 28.6 Å². The van der Waals surface area contributed by atoms with E-state index in [1.807, 2.05) is 0 Å². The predicted molar refractivity (Wildman–Crippen MR) is 252 cm³/mol. The molecule has 0 aromatic rings. The molecule has 0 saturated carbocycles. The van der Waals surface area contributed by atoms with Crippen LogP contribution in [0.3, 0.4) is 0 Å². The maximum atomic E-state index is 12.8. The third-order valence-corrected chi connectivity index (χ3v) is 11.4. The van der Waals surface area contributed by atoms with Gasteiger partial charge in [-0.2, -0.15) is 0 Å². The minimum absolute atomic E-state index is 0.0736. The van der Waals surface area contributed by atoms with E-state index >= 15 is 0 Å². The number of esters is 3. The molecule has 346 valence electrons. The zero-order valence-corrected chi connectivity index (χ0v) is 39.5. The van der Waals surface area contributed by atoms with E-state index in [-0.39, 0.29) is 31.1 Å². The van der Waals surface area contributed by atoms with E-state index < -0.39 is 6.10 Å². The van der Waals surface area contributed by atoms with E-state index in [9.17, 15) is 14.4 Å². The van der Waals surface area contributed by atoms with Crippen LogP contribution < -0.4 is 0 Å². The predicted octanol–water partition coefficient (Wildman–Crippen LogP) is 16.8. The van der Waals surface area contributed by atoms with E-state index in [1.165, 1.54) is 167 Å². The van der Waals surface area contributed by atoms with Crippen molar-refractivity contribution in [3.8, 4) is 0 Å². The summed E-state index contributed by atoms with van der Waals surface area (Å²) in [6, 6.07) is 0. The second-order valence-electron chi connectivity index (χ2n) is 17.4. The molecule has 0 aliphatic rings. The number of hydrogen-bond donors (Lipinski definition) is 0. The van der Waals surface area contributed by atoms with Crippen molar-refractivity contribution in [3.05, 3.63) is 24.3 Å². The SMILES string of the molecule is CCCCCCC/C=C\CCCCCCCC(=O)OCC(COC(=O)CCCCCCCCCCCCCCC)OC(=O)CCCCCCC/C=C\CCCCCCC. The van der Waals surface area contributed by atoms with Gasteiger partial charge in [0.15, 0.2) is 6.10 Å². The molecule has 0 aliphatic heterocycles. The Bertz CT molecular complexity index is 958. The Balaban J connectivity index is 4.37. The molecule has 0 rings (SSSR count). The van der Waals surface area contributed by atoms with Crippen LogP contribution in [-0.2, 0) is 28.6 Å². The summed E-state index contributed by atoms with van der Waals surface area (Å²) in [5, 5.41) is 0. The van der Waals surface area contributed by atoms with Gasteiger partial charge in [0.2, 0.25) is 0 Å². The monoisotopic (exact) mass is 831 g/mol. The normalized spacial score (nSPS) is 12.1. The molecule has 0 amide bonds. The quantitative estimate of drug-likeness (QED) is 0.0263. The molecule has 0 bridgehead atoms. The van der Waals surface area contributed by atoms with Gasteiger partial charge in [-0.15, -0.1) is 0 Å². The van der Waals surface area contributed by atoms with Gasteiger partial charge in [0, 0.05) is 19.3 Å². The average molecular weight is 831 g/mol. The molecule has 0 N–H and O–H groups in total. The molecule has 0 heterocycles. The minimum atomic E-state index is -0.773. The summed E-state index contributed by atoms with van der Waals surface area (Å²) in [4.78, 5) is 37.9. The van der Waals surface area contributed by atoms with Crippen molar-refractivity contribution >= 4 is 17.9 Å². The summed E-state index contributed by atoms with van der Waals surface area (Å²) in [6.07, 6.45) is 54.4. The van der Waals surface area contributed by atoms with Crippen LogP contribution in [0.1, 0.15) is 278 Å². The number of hydrogen-bond acceptors (Lipinski definition) is 6. The van der Waals surface area contributed by atoms with E-state index in [0.717, 1.165) is 70.6 Å². The molecular weight excluding hydrogens is 733 g/mol. The molecule has 0 aromatic heterocycles. The van der Waals surface area contributed by atoms with Crippen LogP contribution in [0, 0.1) is 0 Å². The summed E-state index contributed by atoms with van der Waals surface area (Å²) in [6.45, 7) is 6.63. The second-order valence-corrected chi connectivity index (χ2v) is 17.4. The molecule has 6 nitrogen and oxygen atoms in total. The lowest BCUT2D eigenvalue weighted by molar-refractivity contribution is -0.167. The molecule has 1 unspecified atom stereocenters. The first-order chi connectivity index (χ1) is 29.0. The molecule has 0 radical (unpaired) electrons. The van der Waals surface area contributed by atoms with Crippen molar-refractivity contribution in [2.45, 2.75) is 284 Å². The summed E-state index contributed by atoms with van der Waals surface area (Å²) < 4.78 is 16.8. The van der Waals surface area contributed by atoms with Crippen molar-refractivity contribution in [3.63, 3.8) is 0 Å². The molecule has 0 saturated heterocycles. The van der Waals surface area contributed by atoms with Gasteiger partial charge in [0.25, 0.3) is 0 Å². The van der Waals surface area contributed by atoms with Crippen molar-refractivity contribution in [2.75, 3.05) is 13.2 Å². The van der Waals surface area contributed by atoms with Crippen molar-refractivity contribution in [2.24, 2.45) is 0 Å². The van der Waals surface area contributed by atoms with Gasteiger partial charge in [-0.25, -0.2) is 0 Å². The van der Waals surface area contributed by atoms with Crippen LogP contribution in [0.15, 0.2) is 24.3 Å². The summed E-state index contributed by atoms with van der Waals surface area (Å²) >= 11 is 0. The van der Waals surface area contributed by atoms with E-state index in [4.69, 9.17) is 14.2 Å². The average Bonchev–Trinajstić information content (AvgIpc) is 3.23. The topological polar surface area (TPSA) is 78.9 Å². The van der Waals surface area contributed by atoms with Crippen LogP contribution in [0.25, 0.3) is 0 Å². The van der Waals surface area contributed by atoms with Gasteiger partial charge >= 0.3 is 17.9 Å². The highest BCUT2D eigenvalue weighted by Gasteiger charge is 2.19. The Labute approximate surface area is 366 Å². The van der Waals surface area contributed by atoms with Gasteiger partial charge < -0.3 is 14.2 Å². The maximum absolute atomic E-state index is 12.8. The fourth-order valence-corrected chi connectivity index (χ4v) is 7.49. The van der Waals surface area contributed by atoms with Crippen LogP contribution >= 0.6 is 0 Å². The number of rotatable bonds is 47. The van der Waals surface area contributed by atoms with Crippen LogP contribution in [0.4, 0.5) is 0 Å². The van der Waals surface area contributed by atoms with Gasteiger partial charge in [-0.1, -0.05) is 212 Å². The highest BCUT2D eigenvalue weighted by molar-refractivity contribution is 5.71. The Morgan fingerprint density at radius 3 is 0.847 bits per heavy atom. The van der Waals surface area contributed by atoms with Crippen molar-refractivity contribution in [1.82, 2.24) is 0 Å². The number of carbonyl (C=O) groups is 3. The Morgan fingerprint density at radius 2 is 0.559 bits per heavy atom. The van der Waals surface area contributed by atoms with E-state index in [0.29, 0.717) is 19.3 Å². The minimum Gasteiger partial charge on any atom is -0.462 e. The molecule has 0 aliphatic carbocycles. The smallest absolute Gasteiger partial charge is 0.306 e. The lowest BCUT2D eigenvalue weighted by atomic mass is 10.0. The number of ether oxygens (including phenoxy) is 3. The Morgan fingerprint density at radius 1 is 0.322 bits per heavy atom. The number of allylic oxidation sites excluding steroid dienone is 4. The highest BCUT2D eigenvalue weighted by atomic mass is 16.6.